The van der Waals surface area contributed by atoms with Gasteiger partial charge in [0.2, 0.25) is 10.0 Å². The maximum Gasteiger partial charge on any atom is 0.240 e. The third kappa shape index (κ3) is 4.57. The van der Waals surface area contributed by atoms with Crippen LogP contribution in [0, 0.1) is 6.92 Å². The fourth-order valence-corrected chi connectivity index (χ4v) is 3.12. The molecule has 0 radical (unpaired) electrons. The summed E-state index contributed by atoms with van der Waals surface area (Å²) in [6.45, 7) is 3.70. The Hall–Kier alpha value is -0.620. The molecule has 1 rings (SSSR count). The molecule has 2 N–H and O–H groups in total. The summed E-state index contributed by atoms with van der Waals surface area (Å²) in [7, 11) is -3.50. The first-order valence-corrected chi connectivity index (χ1v) is 7.63. The lowest BCUT2D eigenvalue weighted by Crippen LogP contribution is -2.26. The number of hydrogen-bond acceptors (Lipinski definition) is 3. The monoisotopic (exact) mass is 291 g/mol. The lowest BCUT2D eigenvalue weighted by Gasteiger charge is -2.10. The second-order valence-electron chi connectivity index (χ2n) is 4.30. The summed E-state index contributed by atoms with van der Waals surface area (Å²) in [6, 6.07) is 4.67. The number of sulfonamides is 1. The summed E-state index contributed by atoms with van der Waals surface area (Å²) < 4.78 is 26.5. The van der Waals surface area contributed by atoms with Crippen LogP contribution in [0.5, 0.6) is 0 Å². The third-order valence-corrected chi connectivity index (χ3v) is 4.37. The molecule has 0 heterocycles. The van der Waals surface area contributed by atoms with Crippen molar-refractivity contribution in [1.82, 2.24) is 4.72 Å². The molecular weight excluding hydrogens is 274 g/mol. The molecule has 0 fully saturated rings. The molecule has 0 spiro atoms. The second kappa shape index (κ2) is 6.52. The maximum absolute atomic E-state index is 12.0. The Kier molecular flexibility index (Phi) is 5.59. The van der Waals surface area contributed by atoms with E-state index in [2.05, 4.69) is 4.72 Å². The molecule has 1 atom stereocenters. The van der Waals surface area contributed by atoms with E-state index < -0.39 is 16.1 Å². The number of hydrogen-bond donors (Lipinski definition) is 2. The van der Waals surface area contributed by atoms with E-state index in [1.54, 1.807) is 26.0 Å². The van der Waals surface area contributed by atoms with Gasteiger partial charge in [0.25, 0.3) is 0 Å². The summed E-state index contributed by atoms with van der Waals surface area (Å²) in [5.74, 6) is 0. The summed E-state index contributed by atoms with van der Waals surface area (Å²) in [5.41, 5.74) is 0.616. The molecule has 0 bridgehead atoms. The number of aryl methyl sites for hydroxylation is 1. The lowest BCUT2D eigenvalue weighted by molar-refractivity contribution is 0.182. The number of benzene rings is 1. The van der Waals surface area contributed by atoms with Crippen LogP contribution in [0.15, 0.2) is 23.1 Å². The van der Waals surface area contributed by atoms with Gasteiger partial charge in [-0.05, 0) is 50.5 Å². The van der Waals surface area contributed by atoms with Gasteiger partial charge in [0.1, 0.15) is 0 Å². The van der Waals surface area contributed by atoms with Crippen LogP contribution in [0.25, 0.3) is 0 Å². The smallest absolute Gasteiger partial charge is 0.240 e. The van der Waals surface area contributed by atoms with Crippen molar-refractivity contribution in [1.29, 1.82) is 0 Å². The molecule has 0 saturated heterocycles. The highest BCUT2D eigenvalue weighted by atomic mass is 35.5. The molecule has 6 heteroatoms. The van der Waals surface area contributed by atoms with E-state index in [4.69, 9.17) is 16.7 Å². The molecule has 18 heavy (non-hydrogen) atoms. The van der Waals surface area contributed by atoms with E-state index in [0.29, 0.717) is 30.0 Å². The van der Waals surface area contributed by atoms with Crippen molar-refractivity contribution < 1.29 is 13.5 Å². The van der Waals surface area contributed by atoms with E-state index in [0.717, 1.165) is 0 Å². The highest BCUT2D eigenvalue weighted by molar-refractivity contribution is 7.89. The van der Waals surface area contributed by atoms with Gasteiger partial charge in [-0.15, -0.1) is 0 Å². The molecule has 0 saturated carbocycles. The van der Waals surface area contributed by atoms with Crippen molar-refractivity contribution in [2.45, 2.75) is 37.7 Å². The van der Waals surface area contributed by atoms with Gasteiger partial charge in [0.05, 0.1) is 11.0 Å². The van der Waals surface area contributed by atoms with E-state index >= 15 is 0 Å². The van der Waals surface area contributed by atoms with E-state index in [9.17, 15) is 8.42 Å². The molecule has 0 aliphatic heterocycles. The van der Waals surface area contributed by atoms with Gasteiger partial charge in [-0.1, -0.05) is 11.6 Å². The molecular formula is C12H18ClNO3S. The standard InChI is InChI=1S/C12H18ClNO3S/c1-9-8-11(13)5-6-12(9)18(16,17)14-7-3-4-10(2)15/h5-6,8,10,14-15H,3-4,7H2,1-2H3. The molecule has 0 amide bonds. The van der Waals surface area contributed by atoms with Crippen molar-refractivity contribution in [3.8, 4) is 0 Å². The molecule has 0 aliphatic carbocycles. The number of rotatable bonds is 6. The average molecular weight is 292 g/mol. The molecule has 4 nitrogen and oxygen atoms in total. The maximum atomic E-state index is 12.0. The van der Waals surface area contributed by atoms with Gasteiger partial charge >= 0.3 is 0 Å². The lowest BCUT2D eigenvalue weighted by atomic mass is 10.2. The Morgan fingerprint density at radius 1 is 1.44 bits per heavy atom. The quantitative estimate of drug-likeness (QED) is 0.789. The summed E-state index contributed by atoms with van der Waals surface area (Å²) >= 11 is 5.79. The normalized spacial score (nSPS) is 13.6. The molecule has 0 aromatic heterocycles. The van der Waals surface area contributed by atoms with Crippen molar-refractivity contribution >= 4 is 21.6 Å². The Balaban J connectivity index is 2.69. The predicted octanol–water partition coefficient (Wildman–Crippen LogP) is 2.09. The van der Waals surface area contributed by atoms with Crippen molar-refractivity contribution in [2.75, 3.05) is 6.54 Å². The van der Waals surface area contributed by atoms with E-state index in [1.807, 2.05) is 0 Å². The zero-order valence-corrected chi connectivity index (χ0v) is 12.1. The largest absolute Gasteiger partial charge is 0.393 e. The predicted molar refractivity (Wildman–Crippen MR) is 72.3 cm³/mol. The number of aliphatic hydroxyl groups is 1. The third-order valence-electron chi connectivity index (χ3n) is 2.52. The molecule has 1 aromatic rings. The van der Waals surface area contributed by atoms with E-state index in [1.165, 1.54) is 6.07 Å². The first-order valence-electron chi connectivity index (χ1n) is 5.77. The first kappa shape index (κ1) is 15.4. The molecule has 1 unspecified atom stereocenters. The number of aliphatic hydroxyl groups excluding tert-OH is 1. The highest BCUT2D eigenvalue weighted by Crippen LogP contribution is 2.19. The van der Waals surface area contributed by atoms with Crippen molar-refractivity contribution in [2.24, 2.45) is 0 Å². The Morgan fingerprint density at radius 3 is 2.67 bits per heavy atom. The summed E-state index contributed by atoms with van der Waals surface area (Å²) in [5, 5.41) is 9.60. The molecule has 1 aromatic carbocycles. The fourth-order valence-electron chi connectivity index (χ4n) is 1.60. The van der Waals surface area contributed by atoms with Gasteiger partial charge in [-0.2, -0.15) is 0 Å². The van der Waals surface area contributed by atoms with Crippen LogP contribution in [0.1, 0.15) is 25.3 Å². The average Bonchev–Trinajstić information content (AvgIpc) is 2.23. The van der Waals surface area contributed by atoms with Gasteiger partial charge in [-0.25, -0.2) is 13.1 Å². The Bertz CT molecular complexity index is 500. The molecule has 0 aliphatic rings. The highest BCUT2D eigenvalue weighted by Gasteiger charge is 2.16. The second-order valence-corrected chi connectivity index (χ2v) is 6.47. The van der Waals surface area contributed by atoms with Crippen LogP contribution in [0.2, 0.25) is 5.02 Å². The number of halogens is 1. The van der Waals surface area contributed by atoms with Crippen LogP contribution in [-0.2, 0) is 10.0 Å². The Labute approximate surface area is 113 Å². The van der Waals surface area contributed by atoms with Crippen LogP contribution in [0.4, 0.5) is 0 Å². The van der Waals surface area contributed by atoms with Crippen LogP contribution < -0.4 is 4.72 Å². The summed E-state index contributed by atoms with van der Waals surface area (Å²) in [4.78, 5) is 0.240. The minimum atomic E-state index is -3.50. The fraction of sp³-hybridized carbons (Fsp3) is 0.500. The van der Waals surface area contributed by atoms with Gasteiger partial charge in [-0.3, -0.25) is 0 Å². The summed E-state index contributed by atoms with van der Waals surface area (Å²) in [6.07, 6.45) is 0.762. The van der Waals surface area contributed by atoms with Crippen LogP contribution in [-0.4, -0.2) is 26.2 Å². The van der Waals surface area contributed by atoms with Crippen molar-refractivity contribution in [3.05, 3.63) is 28.8 Å². The van der Waals surface area contributed by atoms with Crippen LogP contribution >= 0.6 is 11.6 Å². The topological polar surface area (TPSA) is 66.4 Å². The molecule has 102 valence electrons. The minimum absolute atomic E-state index is 0.240. The number of nitrogens with one attached hydrogen (secondary N) is 1. The SMILES string of the molecule is Cc1cc(Cl)ccc1S(=O)(=O)NCCCC(C)O. The van der Waals surface area contributed by atoms with Gasteiger partial charge < -0.3 is 5.11 Å². The Morgan fingerprint density at radius 2 is 2.11 bits per heavy atom. The zero-order valence-electron chi connectivity index (χ0n) is 10.5. The zero-order chi connectivity index (χ0) is 13.8. The van der Waals surface area contributed by atoms with Gasteiger partial charge in [0, 0.05) is 11.6 Å². The van der Waals surface area contributed by atoms with Crippen LogP contribution in [0.3, 0.4) is 0 Å². The minimum Gasteiger partial charge on any atom is -0.393 e. The van der Waals surface area contributed by atoms with Crippen molar-refractivity contribution in [3.63, 3.8) is 0 Å². The van der Waals surface area contributed by atoms with E-state index in [-0.39, 0.29) is 4.90 Å². The van der Waals surface area contributed by atoms with Gasteiger partial charge in [0.15, 0.2) is 0 Å². The first-order chi connectivity index (χ1) is 8.33.